The number of carbonyl (C=O) groups is 2. The highest BCUT2D eigenvalue weighted by Gasteiger charge is 2.51. The molecule has 2 fully saturated rings. The highest BCUT2D eigenvalue weighted by atomic mass is 79.9. The molecule has 2 saturated carbocycles. The van der Waals surface area contributed by atoms with Crippen LogP contribution in [-0.2, 0) is 4.79 Å². The Hall–Kier alpha value is -0.880. The second-order valence-corrected chi connectivity index (χ2v) is 7.06. The predicted molar refractivity (Wildman–Crippen MR) is 75.2 cm³/mol. The van der Waals surface area contributed by atoms with Crippen molar-refractivity contribution in [2.45, 2.75) is 25.3 Å². The Morgan fingerprint density at radius 2 is 2.11 bits per heavy atom. The van der Waals surface area contributed by atoms with Gasteiger partial charge in [-0.1, -0.05) is 0 Å². The number of fused-ring (bicyclic) bond motifs is 2. The zero-order valence-corrected chi connectivity index (χ0v) is 12.5. The predicted octanol–water partition coefficient (Wildman–Crippen LogP) is 2.74. The third kappa shape index (κ3) is 2.21. The molecule has 0 saturated heterocycles. The zero-order chi connectivity index (χ0) is 13.6. The fraction of sp³-hybridized carbons (Fsp3) is 0.538. The van der Waals surface area contributed by atoms with Crippen LogP contribution in [0, 0.1) is 17.8 Å². The highest BCUT2D eigenvalue weighted by Crippen LogP contribution is 2.48. The lowest BCUT2D eigenvalue weighted by molar-refractivity contribution is -0.144. The highest BCUT2D eigenvalue weighted by molar-refractivity contribution is 9.10. The van der Waals surface area contributed by atoms with Gasteiger partial charge < -0.3 is 10.4 Å². The lowest BCUT2D eigenvalue weighted by atomic mass is 9.84. The first-order valence-corrected chi connectivity index (χ1v) is 8.02. The van der Waals surface area contributed by atoms with Gasteiger partial charge in [-0.05, 0) is 58.5 Å². The smallest absolute Gasteiger partial charge is 0.308 e. The van der Waals surface area contributed by atoms with E-state index in [9.17, 15) is 14.7 Å². The zero-order valence-electron chi connectivity index (χ0n) is 10.1. The van der Waals surface area contributed by atoms with Crippen molar-refractivity contribution in [2.75, 3.05) is 0 Å². The maximum Gasteiger partial charge on any atom is 0.308 e. The van der Waals surface area contributed by atoms with Gasteiger partial charge >= 0.3 is 5.97 Å². The lowest BCUT2D eigenvalue weighted by Gasteiger charge is -2.28. The Balaban J connectivity index is 1.77. The van der Waals surface area contributed by atoms with Crippen molar-refractivity contribution < 1.29 is 14.7 Å². The number of carboxylic acid groups (broad SMARTS) is 1. The summed E-state index contributed by atoms with van der Waals surface area (Å²) in [7, 11) is 0. The molecule has 0 spiro atoms. The van der Waals surface area contributed by atoms with E-state index in [2.05, 4.69) is 21.2 Å². The van der Waals surface area contributed by atoms with Gasteiger partial charge in [-0.15, -0.1) is 11.3 Å². The minimum absolute atomic E-state index is 0.161. The lowest BCUT2D eigenvalue weighted by Crippen LogP contribution is -2.46. The summed E-state index contributed by atoms with van der Waals surface area (Å²) in [6.07, 6.45) is 2.95. The van der Waals surface area contributed by atoms with Gasteiger partial charge in [0.15, 0.2) is 0 Å². The molecule has 4 atom stereocenters. The van der Waals surface area contributed by atoms with E-state index in [1.165, 1.54) is 11.3 Å². The van der Waals surface area contributed by atoms with Crippen molar-refractivity contribution in [3.8, 4) is 0 Å². The van der Waals surface area contributed by atoms with Gasteiger partial charge in [-0.25, -0.2) is 0 Å². The molecule has 3 rings (SSSR count). The van der Waals surface area contributed by atoms with Crippen LogP contribution >= 0.6 is 27.3 Å². The van der Waals surface area contributed by atoms with Crippen LogP contribution in [-0.4, -0.2) is 23.0 Å². The molecule has 0 aliphatic heterocycles. The summed E-state index contributed by atoms with van der Waals surface area (Å²) in [4.78, 5) is 24.2. The van der Waals surface area contributed by atoms with E-state index in [0.717, 1.165) is 23.7 Å². The summed E-state index contributed by atoms with van der Waals surface area (Å²) in [5.74, 6) is -0.789. The molecule has 1 aromatic heterocycles. The second kappa shape index (κ2) is 4.90. The summed E-state index contributed by atoms with van der Waals surface area (Å²) in [5.41, 5.74) is 0. The Bertz CT molecular complexity index is 530. The Labute approximate surface area is 123 Å². The van der Waals surface area contributed by atoms with Crippen LogP contribution in [0.15, 0.2) is 15.9 Å². The van der Waals surface area contributed by atoms with Crippen molar-refractivity contribution in [3.05, 3.63) is 20.8 Å². The molecule has 0 radical (unpaired) electrons. The number of hydrogen-bond donors (Lipinski definition) is 2. The maximum atomic E-state index is 12.2. The fourth-order valence-corrected chi connectivity index (χ4v) is 4.98. The van der Waals surface area contributed by atoms with Crippen LogP contribution in [0.3, 0.4) is 0 Å². The summed E-state index contributed by atoms with van der Waals surface area (Å²) >= 11 is 4.70. The summed E-state index contributed by atoms with van der Waals surface area (Å²) < 4.78 is 0.769. The molecule has 2 aliphatic rings. The van der Waals surface area contributed by atoms with Crippen LogP contribution < -0.4 is 5.32 Å². The minimum Gasteiger partial charge on any atom is -0.481 e. The molecule has 2 bridgehead atoms. The van der Waals surface area contributed by atoms with E-state index in [1.54, 1.807) is 0 Å². The minimum atomic E-state index is -0.775. The van der Waals surface area contributed by atoms with Crippen LogP contribution in [0.4, 0.5) is 0 Å². The first kappa shape index (κ1) is 13.1. The number of hydrogen-bond acceptors (Lipinski definition) is 3. The molecule has 1 aromatic rings. The largest absolute Gasteiger partial charge is 0.481 e. The number of thiophene rings is 1. The number of nitrogens with one attached hydrogen (secondary N) is 1. The fourth-order valence-electron chi connectivity index (χ4n) is 3.53. The molecule has 0 unspecified atom stereocenters. The number of carbonyl (C=O) groups excluding carboxylic acids is 1. The Morgan fingerprint density at radius 3 is 2.74 bits per heavy atom. The molecule has 19 heavy (non-hydrogen) atoms. The van der Waals surface area contributed by atoms with Gasteiger partial charge in [0.05, 0.1) is 5.92 Å². The van der Waals surface area contributed by atoms with Crippen molar-refractivity contribution in [2.24, 2.45) is 17.8 Å². The van der Waals surface area contributed by atoms with Gasteiger partial charge in [0.25, 0.3) is 5.91 Å². The number of amides is 1. The number of carboxylic acids is 1. The third-order valence-corrected chi connectivity index (χ3v) is 6.16. The van der Waals surface area contributed by atoms with Crippen LogP contribution in [0.2, 0.25) is 0 Å². The maximum absolute atomic E-state index is 12.2. The second-order valence-electron chi connectivity index (χ2n) is 5.29. The van der Waals surface area contributed by atoms with E-state index in [4.69, 9.17) is 0 Å². The van der Waals surface area contributed by atoms with Gasteiger partial charge in [0, 0.05) is 10.5 Å². The molecular weight excluding hydrogens is 330 g/mol. The van der Waals surface area contributed by atoms with Crippen molar-refractivity contribution in [3.63, 3.8) is 0 Å². The summed E-state index contributed by atoms with van der Waals surface area (Å²) in [6.45, 7) is 0. The molecule has 4 nitrogen and oxygen atoms in total. The third-order valence-electron chi connectivity index (χ3n) is 4.32. The SMILES string of the molecule is O=C(N[C@@H]1[C@H]2CC[C@@H](C2)[C@@H]1C(=O)O)c1sccc1Br. The van der Waals surface area contributed by atoms with Gasteiger partial charge in [0.2, 0.25) is 0 Å². The normalized spacial score (nSPS) is 32.5. The Morgan fingerprint density at radius 1 is 1.37 bits per heavy atom. The van der Waals surface area contributed by atoms with E-state index < -0.39 is 11.9 Å². The van der Waals surface area contributed by atoms with E-state index in [0.29, 0.717) is 10.8 Å². The van der Waals surface area contributed by atoms with E-state index in [-0.39, 0.29) is 17.9 Å². The Kier molecular flexibility index (Phi) is 3.39. The summed E-state index contributed by atoms with van der Waals surface area (Å²) in [6, 6.07) is 1.62. The van der Waals surface area contributed by atoms with Gasteiger partial charge in [-0.3, -0.25) is 9.59 Å². The first-order valence-electron chi connectivity index (χ1n) is 6.34. The molecule has 0 aromatic carbocycles. The number of rotatable bonds is 3. The topological polar surface area (TPSA) is 66.4 Å². The van der Waals surface area contributed by atoms with Crippen molar-refractivity contribution in [1.82, 2.24) is 5.32 Å². The van der Waals surface area contributed by atoms with Crippen LogP contribution in [0.1, 0.15) is 28.9 Å². The van der Waals surface area contributed by atoms with Gasteiger partial charge in [0.1, 0.15) is 4.88 Å². The van der Waals surface area contributed by atoms with Crippen molar-refractivity contribution in [1.29, 1.82) is 0 Å². The van der Waals surface area contributed by atoms with Crippen LogP contribution in [0.25, 0.3) is 0 Å². The quantitative estimate of drug-likeness (QED) is 0.886. The average molecular weight is 344 g/mol. The standard InChI is InChI=1S/C13H14BrNO3S/c14-8-3-4-19-11(8)12(16)15-10-7-2-1-6(5-7)9(10)13(17)18/h3-4,6-7,9-10H,1-2,5H2,(H,15,16)(H,17,18)/t6-,7-,9-,10+/m0/s1. The molecule has 2 aliphatic carbocycles. The van der Waals surface area contributed by atoms with Gasteiger partial charge in [-0.2, -0.15) is 0 Å². The molecule has 6 heteroatoms. The summed E-state index contributed by atoms with van der Waals surface area (Å²) in [5, 5.41) is 14.1. The molecular formula is C13H14BrNO3S. The first-order chi connectivity index (χ1) is 9.08. The van der Waals surface area contributed by atoms with Crippen molar-refractivity contribution >= 4 is 39.1 Å². The monoisotopic (exact) mass is 343 g/mol. The molecule has 1 amide bonds. The average Bonchev–Trinajstić information content (AvgIpc) is 3.03. The molecule has 1 heterocycles. The molecule has 102 valence electrons. The van der Waals surface area contributed by atoms with Crippen LogP contribution in [0.5, 0.6) is 0 Å². The number of aliphatic carboxylic acids is 1. The molecule has 2 N–H and O–H groups in total. The van der Waals surface area contributed by atoms with E-state index in [1.807, 2.05) is 11.4 Å². The van der Waals surface area contributed by atoms with E-state index >= 15 is 0 Å². The number of halogens is 1.